The predicted octanol–water partition coefficient (Wildman–Crippen LogP) is 1.39. The molecule has 2 N–H and O–H groups in total. The quantitative estimate of drug-likeness (QED) is 0.799. The van der Waals surface area contributed by atoms with Crippen LogP contribution >= 0.6 is 11.8 Å². The van der Waals surface area contributed by atoms with Gasteiger partial charge >= 0.3 is 0 Å². The first kappa shape index (κ1) is 11.8. The second-order valence-electron chi connectivity index (χ2n) is 5.75. The van der Waals surface area contributed by atoms with Crippen molar-refractivity contribution in [3.8, 4) is 0 Å². The SMILES string of the molecule is O=C(NCC1CCCS1)C1CC12CCNCC2. The van der Waals surface area contributed by atoms with Gasteiger partial charge in [-0.3, -0.25) is 4.79 Å². The van der Waals surface area contributed by atoms with Crippen LogP contribution < -0.4 is 10.6 Å². The number of rotatable bonds is 3. The van der Waals surface area contributed by atoms with E-state index in [0.717, 1.165) is 26.1 Å². The summed E-state index contributed by atoms with van der Waals surface area (Å²) in [7, 11) is 0. The Balaban J connectivity index is 1.44. The smallest absolute Gasteiger partial charge is 0.223 e. The van der Waals surface area contributed by atoms with Crippen molar-refractivity contribution in [2.75, 3.05) is 25.4 Å². The van der Waals surface area contributed by atoms with Gasteiger partial charge in [0.2, 0.25) is 5.91 Å². The summed E-state index contributed by atoms with van der Waals surface area (Å²) in [5, 5.41) is 7.24. The van der Waals surface area contributed by atoms with E-state index in [1.807, 2.05) is 11.8 Å². The molecule has 3 nitrogen and oxygen atoms in total. The number of nitrogens with one attached hydrogen (secondary N) is 2. The number of carbonyl (C=O) groups excluding carboxylic acids is 1. The molecule has 3 aliphatic rings. The van der Waals surface area contributed by atoms with Crippen molar-refractivity contribution in [2.24, 2.45) is 11.3 Å². The fraction of sp³-hybridized carbons (Fsp3) is 0.923. The summed E-state index contributed by atoms with van der Waals surface area (Å²) in [6.45, 7) is 3.10. The van der Waals surface area contributed by atoms with E-state index in [4.69, 9.17) is 0 Å². The number of hydrogen-bond donors (Lipinski definition) is 2. The Morgan fingerprint density at radius 2 is 2.24 bits per heavy atom. The fourth-order valence-electron chi connectivity index (χ4n) is 3.34. The highest BCUT2D eigenvalue weighted by Gasteiger charge is 2.57. The van der Waals surface area contributed by atoms with Crippen LogP contribution in [0.1, 0.15) is 32.1 Å². The minimum absolute atomic E-state index is 0.330. The van der Waals surface area contributed by atoms with Crippen LogP contribution in [0, 0.1) is 11.3 Å². The Kier molecular flexibility index (Phi) is 3.35. The minimum Gasteiger partial charge on any atom is -0.355 e. The molecule has 3 rings (SSSR count). The van der Waals surface area contributed by atoms with E-state index in [2.05, 4.69) is 10.6 Å². The van der Waals surface area contributed by atoms with Gasteiger partial charge in [-0.1, -0.05) is 0 Å². The first-order chi connectivity index (χ1) is 8.30. The topological polar surface area (TPSA) is 41.1 Å². The van der Waals surface area contributed by atoms with E-state index >= 15 is 0 Å². The van der Waals surface area contributed by atoms with Crippen LogP contribution in [0.5, 0.6) is 0 Å². The van der Waals surface area contributed by atoms with E-state index in [9.17, 15) is 4.79 Å². The first-order valence-corrected chi connectivity index (χ1v) is 7.95. The van der Waals surface area contributed by atoms with Crippen LogP contribution in [0.2, 0.25) is 0 Å². The van der Waals surface area contributed by atoms with Gasteiger partial charge in [0.1, 0.15) is 0 Å². The molecule has 2 aliphatic heterocycles. The van der Waals surface area contributed by atoms with Crippen molar-refractivity contribution in [3.05, 3.63) is 0 Å². The van der Waals surface area contributed by atoms with Gasteiger partial charge in [0, 0.05) is 17.7 Å². The molecule has 0 bridgehead atoms. The monoisotopic (exact) mass is 254 g/mol. The molecule has 0 radical (unpaired) electrons. The summed E-state index contributed by atoms with van der Waals surface area (Å²) in [6.07, 6.45) is 6.14. The zero-order valence-corrected chi connectivity index (χ0v) is 11.2. The maximum absolute atomic E-state index is 12.1. The van der Waals surface area contributed by atoms with E-state index < -0.39 is 0 Å². The number of piperidine rings is 1. The average Bonchev–Trinajstić information content (AvgIpc) is 2.82. The molecule has 3 fully saturated rings. The molecule has 4 heteroatoms. The third-order valence-electron chi connectivity index (χ3n) is 4.63. The lowest BCUT2D eigenvalue weighted by Crippen LogP contribution is -2.35. The molecule has 2 unspecified atom stereocenters. The Labute approximate surface area is 107 Å². The molecule has 0 aromatic rings. The first-order valence-electron chi connectivity index (χ1n) is 6.90. The zero-order valence-electron chi connectivity index (χ0n) is 10.3. The van der Waals surface area contributed by atoms with Crippen LogP contribution in [0.25, 0.3) is 0 Å². The van der Waals surface area contributed by atoms with Crippen molar-refractivity contribution >= 4 is 17.7 Å². The number of carbonyl (C=O) groups is 1. The molecular formula is C13H22N2OS. The van der Waals surface area contributed by atoms with Gasteiger partial charge in [-0.25, -0.2) is 0 Å². The molecule has 2 saturated heterocycles. The summed E-state index contributed by atoms with van der Waals surface area (Å²) < 4.78 is 0. The van der Waals surface area contributed by atoms with Gasteiger partial charge in [-0.2, -0.15) is 11.8 Å². The Bertz CT molecular complexity index is 296. The molecule has 96 valence electrons. The molecule has 17 heavy (non-hydrogen) atoms. The largest absolute Gasteiger partial charge is 0.355 e. The second-order valence-corrected chi connectivity index (χ2v) is 7.16. The zero-order chi connectivity index (χ0) is 11.7. The highest BCUT2D eigenvalue weighted by molar-refractivity contribution is 8.00. The van der Waals surface area contributed by atoms with Gasteiger partial charge in [-0.15, -0.1) is 0 Å². The third kappa shape index (κ3) is 2.48. The normalized spacial score (nSPS) is 34.8. The van der Waals surface area contributed by atoms with Crippen molar-refractivity contribution in [1.29, 1.82) is 0 Å². The molecule has 1 spiro atoms. The molecular weight excluding hydrogens is 232 g/mol. The van der Waals surface area contributed by atoms with Crippen LogP contribution in [0.4, 0.5) is 0 Å². The molecule has 1 amide bonds. The summed E-state index contributed by atoms with van der Waals surface area (Å²) in [5.41, 5.74) is 0.387. The second kappa shape index (κ2) is 4.81. The number of hydrogen-bond acceptors (Lipinski definition) is 3. The average molecular weight is 254 g/mol. The van der Waals surface area contributed by atoms with Crippen molar-refractivity contribution in [2.45, 2.75) is 37.4 Å². The summed E-state index contributed by atoms with van der Waals surface area (Å²) >= 11 is 2.02. The van der Waals surface area contributed by atoms with Crippen molar-refractivity contribution in [1.82, 2.24) is 10.6 Å². The predicted molar refractivity (Wildman–Crippen MR) is 71.1 cm³/mol. The van der Waals surface area contributed by atoms with Gasteiger partial charge in [0.25, 0.3) is 0 Å². The van der Waals surface area contributed by atoms with Gasteiger partial charge < -0.3 is 10.6 Å². The van der Waals surface area contributed by atoms with Crippen LogP contribution in [-0.4, -0.2) is 36.5 Å². The lowest BCUT2D eigenvalue weighted by Gasteiger charge is -2.23. The van der Waals surface area contributed by atoms with Gasteiger partial charge in [-0.05, 0) is 56.4 Å². The molecule has 0 aromatic heterocycles. The molecule has 2 atom stereocenters. The number of thioether (sulfide) groups is 1. The maximum Gasteiger partial charge on any atom is 0.223 e. The van der Waals surface area contributed by atoms with Gasteiger partial charge in [0.05, 0.1) is 0 Å². The van der Waals surface area contributed by atoms with Crippen LogP contribution in [-0.2, 0) is 4.79 Å². The van der Waals surface area contributed by atoms with E-state index in [1.54, 1.807) is 0 Å². The Morgan fingerprint density at radius 3 is 2.94 bits per heavy atom. The summed E-state index contributed by atoms with van der Waals surface area (Å²) in [5.74, 6) is 1.94. The van der Waals surface area contributed by atoms with Gasteiger partial charge in [0.15, 0.2) is 0 Å². The van der Waals surface area contributed by atoms with E-state index in [0.29, 0.717) is 22.5 Å². The standard InChI is InChI=1S/C13H22N2OS/c16-12(15-9-10-2-1-7-17-10)11-8-13(11)3-5-14-6-4-13/h10-11,14H,1-9H2,(H,15,16). The molecule has 1 aliphatic carbocycles. The van der Waals surface area contributed by atoms with Crippen LogP contribution in [0.15, 0.2) is 0 Å². The minimum atomic E-state index is 0.330. The van der Waals surface area contributed by atoms with Crippen molar-refractivity contribution < 1.29 is 4.79 Å². The molecule has 2 heterocycles. The highest BCUT2D eigenvalue weighted by atomic mass is 32.2. The summed E-state index contributed by atoms with van der Waals surface area (Å²) in [6, 6.07) is 0. The number of amides is 1. The van der Waals surface area contributed by atoms with E-state index in [-0.39, 0.29) is 0 Å². The maximum atomic E-state index is 12.1. The van der Waals surface area contributed by atoms with E-state index in [1.165, 1.54) is 31.4 Å². The van der Waals surface area contributed by atoms with Crippen molar-refractivity contribution in [3.63, 3.8) is 0 Å². The Morgan fingerprint density at radius 1 is 1.41 bits per heavy atom. The fourth-order valence-corrected chi connectivity index (χ4v) is 4.54. The lowest BCUT2D eigenvalue weighted by atomic mass is 9.92. The highest BCUT2D eigenvalue weighted by Crippen LogP contribution is 2.58. The molecule has 0 aromatic carbocycles. The third-order valence-corrected chi connectivity index (χ3v) is 6.03. The summed E-state index contributed by atoms with van der Waals surface area (Å²) in [4.78, 5) is 12.1. The Hall–Kier alpha value is -0.220. The lowest BCUT2D eigenvalue weighted by molar-refractivity contribution is -0.123. The van der Waals surface area contributed by atoms with Crippen LogP contribution in [0.3, 0.4) is 0 Å². The molecule has 1 saturated carbocycles.